The molecule has 2 heterocycles. The van der Waals surface area contributed by atoms with Crippen molar-refractivity contribution in [1.29, 1.82) is 0 Å². The molecular formula is C21H23FN4O3. The molecule has 0 bridgehead atoms. The van der Waals surface area contributed by atoms with E-state index < -0.39 is 0 Å². The monoisotopic (exact) mass is 398 g/mol. The zero-order valence-corrected chi connectivity index (χ0v) is 16.2. The van der Waals surface area contributed by atoms with Gasteiger partial charge in [0, 0.05) is 32.7 Å². The van der Waals surface area contributed by atoms with Gasteiger partial charge in [0.2, 0.25) is 0 Å². The number of ether oxygens (including phenoxy) is 1. The third kappa shape index (κ3) is 3.96. The van der Waals surface area contributed by atoms with Crippen molar-refractivity contribution in [2.45, 2.75) is 12.6 Å². The number of carbonyl (C=O) groups is 2. The van der Waals surface area contributed by atoms with Gasteiger partial charge in [0.1, 0.15) is 11.6 Å². The summed E-state index contributed by atoms with van der Waals surface area (Å²) in [5.74, 6) is 0.302. The van der Waals surface area contributed by atoms with Crippen LogP contribution in [-0.4, -0.2) is 66.1 Å². The Morgan fingerprint density at radius 3 is 2.66 bits per heavy atom. The highest BCUT2D eigenvalue weighted by atomic mass is 19.1. The minimum Gasteiger partial charge on any atom is -0.495 e. The summed E-state index contributed by atoms with van der Waals surface area (Å²) in [6.45, 7) is 2.39. The number of piperazine rings is 1. The topological polar surface area (TPSA) is 65.1 Å². The molecule has 0 saturated carbocycles. The van der Waals surface area contributed by atoms with Crippen LogP contribution >= 0.6 is 0 Å². The first-order valence-electron chi connectivity index (χ1n) is 9.54. The van der Waals surface area contributed by atoms with Gasteiger partial charge >= 0.3 is 12.1 Å². The number of urea groups is 2. The molecule has 8 heteroatoms. The first-order valence-corrected chi connectivity index (χ1v) is 9.54. The summed E-state index contributed by atoms with van der Waals surface area (Å²) >= 11 is 0. The van der Waals surface area contributed by atoms with Crippen LogP contribution < -0.4 is 10.1 Å². The highest BCUT2D eigenvalue weighted by molar-refractivity contribution is 5.91. The molecule has 2 saturated heterocycles. The van der Waals surface area contributed by atoms with Gasteiger partial charge in [0.15, 0.2) is 0 Å². The van der Waals surface area contributed by atoms with Crippen LogP contribution in [0.25, 0.3) is 0 Å². The van der Waals surface area contributed by atoms with E-state index in [9.17, 15) is 14.0 Å². The number of benzene rings is 2. The molecule has 7 nitrogen and oxygen atoms in total. The Morgan fingerprint density at radius 2 is 1.90 bits per heavy atom. The molecule has 4 amide bonds. The van der Waals surface area contributed by atoms with Crippen molar-refractivity contribution in [2.24, 2.45) is 0 Å². The van der Waals surface area contributed by atoms with E-state index in [-0.39, 0.29) is 23.9 Å². The quantitative estimate of drug-likeness (QED) is 0.861. The van der Waals surface area contributed by atoms with Crippen LogP contribution in [0.3, 0.4) is 0 Å². The lowest BCUT2D eigenvalue weighted by Crippen LogP contribution is -2.54. The molecule has 1 N–H and O–H groups in total. The summed E-state index contributed by atoms with van der Waals surface area (Å²) in [6, 6.07) is 13.1. The van der Waals surface area contributed by atoms with E-state index in [0.717, 1.165) is 5.56 Å². The fourth-order valence-electron chi connectivity index (χ4n) is 3.85. The molecule has 2 aliphatic heterocycles. The van der Waals surface area contributed by atoms with Crippen molar-refractivity contribution in [3.63, 3.8) is 0 Å². The van der Waals surface area contributed by atoms with Crippen molar-refractivity contribution < 1.29 is 18.7 Å². The van der Waals surface area contributed by atoms with Crippen LogP contribution in [0.1, 0.15) is 5.56 Å². The summed E-state index contributed by atoms with van der Waals surface area (Å²) < 4.78 is 18.4. The Labute approximate surface area is 168 Å². The van der Waals surface area contributed by atoms with Crippen molar-refractivity contribution in [3.8, 4) is 5.75 Å². The second-order valence-corrected chi connectivity index (χ2v) is 7.21. The van der Waals surface area contributed by atoms with E-state index in [2.05, 4.69) is 5.32 Å². The highest BCUT2D eigenvalue weighted by Crippen LogP contribution is 2.26. The van der Waals surface area contributed by atoms with E-state index >= 15 is 0 Å². The number of hydrogen-bond donors (Lipinski definition) is 1. The fourth-order valence-corrected chi connectivity index (χ4v) is 3.85. The Hall–Kier alpha value is -3.29. The van der Waals surface area contributed by atoms with E-state index in [0.29, 0.717) is 44.2 Å². The van der Waals surface area contributed by atoms with Gasteiger partial charge in [-0.05, 0) is 29.8 Å². The first-order chi connectivity index (χ1) is 14.0. The Bertz CT molecular complexity index is 905. The van der Waals surface area contributed by atoms with Crippen LogP contribution in [0.5, 0.6) is 5.75 Å². The van der Waals surface area contributed by atoms with Crippen LogP contribution in [-0.2, 0) is 6.54 Å². The summed E-state index contributed by atoms with van der Waals surface area (Å²) in [4.78, 5) is 30.7. The molecule has 0 radical (unpaired) electrons. The molecule has 0 aliphatic carbocycles. The average Bonchev–Trinajstić information content (AvgIpc) is 3.05. The number of amides is 4. The van der Waals surface area contributed by atoms with Crippen LogP contribution in [0.15, 0.2) is 48.5 Å². The molecule has 2 aromatic rings. The van der Waals surface area contributed by atoms with Crippen molar-refractivity contribution >= 4 is 17.7 Å². The number of hydrogen-bond acceptors (Lipinski definition) is 3. The molecule has 4 rings (SSSR count). The normalized spacial score (nSPS) is 18.6. The number of halogens is 1. The molecule has 0 unspecified atom stereocenters. The Kier molecular flexibility index (Phi) is 5.24. The maximum absolute atomic E-state index is 13.1. The van der Waals surface area contributed by atoms with Crippen molar-refractivity contribution in [2.75, 3.05) is 38.6 Å². The number of para-hydroxylation sites is 2. The number of nitrogens with zero attached hydrogens (tertiary/aromatic N) is 3. The molecule has 29 heavy (non-hydrogen) atoms. The molecule has 0 aromatic heterocycles. The lowest BCUT2D eigenvalue weighted by molar-refractivity contribution is 0.135. The Morgan fingerprint density at radius 1 is 1.14 bits per heavy atom. The summed E-state index contributed by atoms with van der Waals surface area (Å²) in [5.41, 5.74) is 1.49. The van der Waals surface area contributed by atoms with Gasteiger partial charge in [-0.25, -0.2) is 14.0 Å². The standard InChI is InChI=1S/C21H23FN4O3/c1-29-19-5-3-2-4-18(19)23-20(27)24-10-11-26-17(13-24)14-25(21(26)28)12-15-6-8-16(22)9-7-15/h2-9,17H,10-14H2,1H3,(H,23,27)/t17-/m1/s1. The maximum atomic E-state index is 13.1. The Balaban J connectivity index is 1.38. The average molecular weight is 398 g/mol. The molecule has 2 aromatic carbocycles. The van der Waals surface area contributed by atoms with Gasteiger partial charge in [-0.3, -0.25) is 0 Å². The lowest BCUT2D eigenvalue weighted by atomic mass is 10.2. The summed E-state index contributed by atoms with van der Waals surface area (Å²) in [6.07, 6.45) is 0. The first kappa shape index (κ1) is 19.0. The highest BCUT2D eigenvalue weighted by Gasteiger charge is 2.41. The van der Waals surface area contributed by atoms with E-state index in [1.807, 2.05) is 17.0 Å². The molecule has 0 spiro atoms. The van der Waals surface area contributed by atoms with E-state index in [4.69, 9.17) is 4.74 Å². The van der Waals surface area contributed by atoms with Gasteiger partial charge in [-0.2, -0.15) is 0 Å². The number of methoxy groups -OCH3 is 1. The zero-order valence-electron chi connectivity index (χ0n) is 16.2. The van der Waals surface area contributed by atoms with Gasteiger partial charge in [0.25, 0.3) is 0 Å². The largest absolute Gasteiger partial charge is 0.495 e. The van der Waals surface area contributed by atoms with Gasteiger partial charge in [0.05, 0.1) is 18.8 Å². The molecule has 1 atom stereocenters. The molecule has 2 aliphatic rings. The predicted molar refractivity (Wildman–Crippen MR) is 106 cm³/mol. The number of carbonyl (C=O) groups excluding carboxylic acids is 2. The van der Waals surface area contributed by atoms with Gasteiger partial charge in [-0.15, -0.1) is 0 Å². The van der Waals surface area contributed by atoms with Gasteiger partial charge in [-0.1, -0.05) is 24.3 Å². The number of nitrogens with one attached hydrogen (secondary N) is 1. The van der Waals surface area contributed by atoms with Crippen LogP contribution in [0, 0.1) is 5.82 Å². The minimum atomic E-state index is -0.296. The van der Waals surface area contributed by atoms with Crippen molar-refractivity contribution in [1.82, 2.24) is 14.7 Å². The zero-order chi connectivity index (χ0) is 20.4. The van der Waals surface area contributed by atoms with Gasteiger partial charge < -0.3 is 24.8 Å². The SMILES string of the molecule is COc1ccccc1NC(=O)N1CCN2C(=O)N(Cc3ccc(F)cc3)C[C@H]2C1. The second kappa shape index (κ2) is 7.98. The lowest BCUT2D eigenvalue weighted by Gasteiger charge is -2.36. The smallest absolute Gasteiger partial charge is 0.322 e. The fraction of sp³-hybridized carbons (Fsp3) is 0.333. The van der Waals surface area contributed by atoms with Crippen molar-refractivity contribution in [3.05, 3.63) is 59.9 Å². The summed E-state index contributed by atoms with van der Waals surface area (Å²) in [7, 11) is 1.56. The molecule has 2 fully saturated rings. The minimum absolute atomic E-state index is 0.0379. The van der Waals surface area contributed by atoms with E-state index in [1.165, 1.54) is 12.1 Å². The van der Waals surface area contributed by atoms with E-state index in [1.54, 1.807) is 41.2 Å². The predicted octanol–water partition coefficient (Wildman–Crippen LogP) is 2.99. The number of fused-ring (bicyclic) bond motifs is 1. The second-order valence-electron chi connectivity index (χ2n) is 7.21. The number of anilines is 1. The number of rotatable bonds is 4. The third-order valence-electron chi connectivity index (χ3n) is 5.35. The summed E-state index contributed by atoms with van der Waals surface area (Å²) in [5, 5.41) is 2.89. The molecule has 152 valence electrons. The van der Waals surface area contributed by atoms with Crippen LogP contribution in [0.4, 0.5) is 19.7 Å². The maximum Gasteiger partial charge on any atom is 0.322 e. The molecular weight excluding hydrogens is 375 g/mol. The van der Waals surface area contributed by atoms with Crippen LogP contribution in [0.2, 0.25) is 0 Å². The third-order valence-corrected chi connectivity index (χ3v) is 5.35.